The van der Waals surface area contributed by atoms with Crippen LogP contribution in [0.25, 0.3) is 0 Å². The van der Waals surface area contributed by atoms with Crippen LogP contribution in [0.5, 0.6) is 0 Å². The summed E-state index contributed by atoms with van der Waals surface area (Å²) in [5, 5.41) is 5.07. The molecule has 2 N–H and O–H groups in total. The number of rotatable bonds is 3. The van der Waals surface area contributed by atoms with Gasteiger partial charge in [-0.15, -0.1) is 0 Å². The van der Waals surface area contributed by atoms with Crippen molar-refractivity contribution in [1.29, 1.82) is 0 Å². The molecule has 0 unspecified atom stereocenters. The van der Waals surface area contributed by atoms with Crippen molar-refractivity contribution in [2.24, 2.45) is 0 Å². The molecule has 1 saturated heterocycles. The van der Waals surface area contributed by atoms with Gasteiger partial charge in [-0.1, -0.05) is 12.1 Å². The Bertz CT molecular complexity index is 756. The lowest BCUT2D eigenvalue weighted by Gasteiger charge is -2.26. The highest BCUT2D eigenvalue weighted by atomic mass is 19.1. The Balaban J connectivity index is 1.59. The van der Waals surface area contributed by atoms with Gasteiger partial charge in [0.2, 0.25) is 0 Å². The first-order chi connectivity index (χ1) is 12.1. The maximum atomic E-state index is 13.5. The van der Waals surface area contributed by atoms with E-state index in [1.54, 1.807) is 36.4 Å². The van der Waals surface area contributed by atoms with E-state index in [-0.39, 0.29) is 11.6 Å². The van der Waals surface area contributed by atoms with Crippen LogP contribution in [0.2, 0.25) is 0 Å². The monoisotopic (exact) mass is 341 g/mol. The second-order valence-corrected chi connectivity index (χ2v) is 5.99. The second kappa shape index (κ2) is 7.79. The first-order valence-electron chi connectivity index (χ1n) is 8.35. The third-order valence-electron chi connectivity index (χ3n) is 4.16. The van der Waals surface area contributed by atoms with Crippen LogP contribution in [0.1, 0.15) is 29.6 Å². The molecule has 3 rings (SSSR count). The third-order valence-corrected chi connectivity index (χ3v) is 4.16. The van der Waals surface area contributed by atoms with E-state index < -0.39 is 11.8 Å². The predicted molar refractivity (Wildman–Crippen MR) is 95.2 cm³/mol. The predicted octanol–water partition coefficient (Wildman–Crippen LogP) is 4.10. The number of carbonyl (C=O) groups excluding carboxylic acids is 2. The molecule has 0 radical (unpaired) electrons. The summed E-state index contributed by atoms with van der Waals surface area (Å²) in [5.41, 5.74) is 1.24. The minimum absolute atomic E-state index is 0.0158. The summed E-state index contributed by atoms with van der Waals surface area (Å²) in [6.07, 6.45) is 3.26. The van der Waals surface area contributed by atoms with Gasteiger partial charge in [0, 0.05) is 24.3 Å². The number of amides is 3. The standard InChI is InChI=1S/C19H20FN3O2/c20-16-6-2-3-7-17(16)22-19(25)21-15-10-8-14(9-11-15)18(24)23-12-4-1-5-13-23/h2-3,6-11H,1,4-5,12-13H2,(H2,21,22,25). The fourth-order valence-corrected chi connectivity index (χ4v) is 2.82. The summed E-state index contributed by atoms with van der Waals surface area (Å²) in [4.78, 5) is 26.2. The fraction of sp³-hybridized carbons (Fsp3) is 0.263. The molecule has 0 spiro atoms. The van der Waals surface area contributed by atoms with Gasteiger partial charge in [-0.25, -0.2) is 9.18 Å². The number of nitrogens with zero attached hydrogens (tertiary/aromatic N) is 1. The molecule has 2 aromatic rings. The van der Waals surface area contributed by atoms with E-state index in [2.05, 4.69) is 10.6 Å². The molecule has 3 amide bonds. The number of urea groups is 1. The molecule has 25 heavy (non-hydrogen) atoms. The van der Waals surface area contributed by atoms with Crippen molar-refractivity contribution in [3.63, 3.8) is 0 Å². The third kappa shape index (κ3) is 4.35. The molecular weight excluding hydrogens is 321 g/mol. The zero-order valence-electron chi connectivity index (χ0n) is 13.8. The Morgan fingerprint density at radius 3 is 2.24 bits per heavy atom. The number of para-hydroxylation sites is 1. The molecule has 130 valence electrons. The Kier molecular flexibility index (Phi) is 5.28. The topological polar surface area (TPSA) is 61.4 Å². The lowest BCUT2D eigenvalue weighted by molar-refractivity contribution is 0.0724. The van der Waals surface area contributed by atoms with Crippen LogP contribution in [0.4, 0.5) is 20.6 Å². The van der Waals surface area contributed by atoms with Crippen molar-refractivity contribution in [2.45, 2.75) is 19.3 Å². The Morgan fingerprint density at radius 1 is 0.880 bits per heavy atom. The van der Waals surface area contributed by atoms with Crippen molar-refractivity contribution < 1.29 is 14.0 Å². The van der Waals surface area contributed by atoms with E-state index in [9.17, 15) is 14.0 Å². The van der Waals surface area contributed by atoms with Crippen LogP contribution in [-0.2, 0) is 0 Å². The van der Waals surface area contributed by atoms with Crippen molar-refractivity contribution >= 4 is 23.3 Å². The highest BCUT2D eigenvalue weighted by Crippen LogP contribution is 2.17. The van der Waals surface area contributed by atoms with Gasteiger partial charge in [0.25, 0.3) is 5.91 Å². The number of nitrogens with one attached hydrogen (secondary N) is 2. The fourth-order valence-electron chi connectivity index (χ4n) is 2.82. The number of piperidine rings is 1. The van der Waals surface area contributed by atoms with Gasteiger partial charge < -0.3 is 15.5 Å². The molecule has 1 fully saturated rings. The molecule has 0 aliphatic carbocycles. The lowest BCUT2D eigenvalue weighted by atomic mass is 10.1. The zero-order chi connectivity index (χ0) is 17.6. The summed E-state index contributed by atoms with van der Waals surface area (Å²) in [6, 6.07) is 12.1. The summed E-state index contributed by atoms with van der Waals surface area (Å²) in [7, 11) is 0. The average molecular weight is 341 g/mol. The molecule has 0 aromatic heterocycles. The lowest BCUT2D eigenvalue weighted by Crippen LogP contribution is -2.35. The van der Waals surface area contributed by atoms with Gasteiger partial charge in [-0.2, -0.15) is 0 Å². The van der Waals surface area contributed by atoms with Crippen molar-refractivity contribution in [1.82, 2.24) is 4.90 Å². The molecule has 0 bridgehead atoms. The molecule has 0 atom stereocenters. The van der Waals surface area contributed by atoms with Crippen LogP contribution < -0.4 is 10.6 Å². The van der Waals surface area contributed by atoms with Gasteiger partial charge in [0.15, 0.2) is 0 Å². The number of hydrogen-bond acceptors (Lipinski definition) is 2. The minimum Gasteiger partial charge on any atom is -0.339 e. The molecule has 1 heterocycles. The van der Waals surface area contributed by atoms with Crippen LogP contribution in [0.3, 0.4) is 0 Å². The molecule has 1 aliphatic rings. The molecule has 0 saturated carbocycles. The van der Waals surface area contributed by atoms with E-state index in [1.165, 1.54) is 18.6 Å². The molecule has 2 aromatic carbocycles. The van der Waals surface area contributed by atoms with Gasteiger partial charge in [0.05, 0.1) is 5.69 Å². The second-order valence-electron chi connectivity index (χ2n) is 5.99. The average Bonchev–Trinajstić information content (AvgIpc) is 2.64. The highest BCUT2D eigenvalue weighted by molar-refractivity contribution is 6.00. The summed E-state index contributed by atoms with van der Waals surface area (Å²) >= 11 is 0. The van der Waals surface area contributed by atoms with Gasteiger partial charge >= 0.3 is 6.03 Å². The normalized spacial score (nSPS) is 14.0. The van der Waals surface area contributed by atoms with Crippen LogP contribution >= 0.6 is 0 Å². The summed E-state index contributed by atoms with van der Waals surface area (Å²) in [5.74, 6) is -0.484. The first kappa shape index (κ1) is 17.0. The SMILES string of the molecule is O=C(Nc1ccc(C(=O)N2CCCCC2)cc1)Nc1ccccc1F. The maximum absolute atomic E-state index is 13.5. The largest absolute Gasteiger partial charge is 0.339 e. The van der Waals surface area contributed by atoms with E-state index in [1.807, 2.05) is 4.90 Å². The molecule has 5 nitrogen and oxygen atoms in total. The van der Waals surface area contributed by atoms with Crippen molar-refractivity contribution in [2.75, 3.05) is 23.7 Å². The van der Waals surface area contributed by atoms with Gasteiger partial charge in [-0.3, -0.25) is 4.79 Å². The number of carbonyl (C=O) groups is 2. The van der Waals surface area contributed by atoms with E-state index >= 15 is 0 Å². The summed E-state index contributed by atoms with van der Waals surface area (Å²) in [6.45, 7) is 1.59. The Labute approximate surface area is 145 Å². The molecule has 6 heteroatoms. The number of anilines is 2. The van der Waals surface area contributed by atoms with Crippen LogP contribution in [0, 0.1) is 5.82 Å². The Hall–Kier alpha value is -2.89. The number of likely N-dealkylation sites (tertiary alicyclic amines) is 1. The molecule has 1 aliphatic heterocycles. The zero-order valence-corrected chi connectivity index (χ0v) is 13.8. The first-order valence-corrected chi connectivity index (χ1v) is 8.35. The van der Waals surface area contributed by atoms with E-state index in [0.717, 1.165) is 25.9 Å². The van der Waals surface area contributed by atoms with Crippen LogP contribution in [0.15, 0.2) is 48.5 Å². The molecular formula is C19H20FN3O2. The number of benzene rings is 2. The smallest absolute Gasteiger partial charge is 0.323 e. The van der Waals surface area contributed by atoms with E-state index in [0.29, 0.717) is 11.3 Å². The van der Waals surface area contributed by atoms with Gasteiger partial charge in [0.1, 0.15) is 5.82 Å². The summed E-state index contributed by atoms with van der Waals surface area (Å²) < 4.78 is 13.5. The minimum atomic E-state index is -0.541. The van der Waals surface area contributed by atoms with Crippen LogP contribution in [-0.4, -0.2) is 29.9 Å². The van der Waals surface area contributed by atoms with Gasteiger partial charge in [-0.05, 0) is 55.7 Å². The van der Waals surface area contributed by atoms with E-state index in [4.69, 9.17) is 0 Å². The van der Waals surface area contributed by atoms with Crippen molar-refractivity contribution in [3.8, 4) is 0 Å². The number of halogens is 1. The quantitative estimate of drug-likeness (QED) is 0.883. The highest BCUT2D eigenvalue weighted by Gasteiger charge is 2.18. The number of hydrogen-bond donors (Lipinski definition) is 2. The Morgan fingerprint density at radius 2 is 1.56 bits per heavy atom. The maximum Gasteiger partial charge on any atom is 0.323 e. The van der Waals surface area contributed by atoms with Crippen molar-refractivity contribution in [3.05, 3.63) is 59.9 Å².